The molecule has 1 fully saturated rings. The van der Waals surface area contributed by atoms with Crippen molar-refractivity contribution in [2.24, 2.45) is 5.41 Å². The molecule has 7 atom stereocenters. The fourth-order valence-corrected chi connectivity index (χ4v) is 7.84. The maximum absolute atomic E-state index is 13.6. The summed E-state index contributed by atoms with van der Waals surface area (Å²) in [7, 11) is 0. The molecule has 0 radical (unpaired) electrons. The first-order valence-electron chi connectivity index (χ1n) is 25.0. The van der Waals surface area contributed by atoms with Crippen molar-refractivity contribution < 1.29 is 39.8 Å². The number of ether oxygens (including phenoxy) is 2. The average molecular weight is 850 g/mol. The number of amides is 1. The van der Waals surface area contributed by atoms with Crippen LogP contribution in [-0.4, -0.2) is 87.5 Å². The Kier molecular flexibility index (Phi) is 35.7. The molecule has 0 aliphatic carbocycles. The van der Waals surface area contributed by atoms with Crippen molar-refractivity contribution in [2.45, 2.75) is 263 Å². The molecule has 1 aliphatic rings. The number of aliphatic hydroxyl groups is 5. The molecule has 5 unspecified atom stereocenters. The van der Waals surface area contributed by atoms with Crippen LogP contribution in [0.3, 0.4) is 0 Å². The van der Waals surface area contributed by atoms with Crippen molar-refractivity contribution in [3.05, 3.63) is 36.5 Å². The predicted octanol–water partition coefficient (Wildman–Crippen LogP) is 11.1. The fraction of sp³-hybridized carbons (Fsp3) is 0.863. The second kappa shape index (κ2) is 37.9. The lowest BCUT2D eigenvalue weighted by molar-refractivity contribution is -0.302. The van der Waals surface area contributed by atoms with Crippen LogP contribution >= 0.6 is 0 Å². The van der Waals surface area contributed by atoms with E-state index < -0.39 is 54.9 Å². The van der Waals surface area contributed by atoms with Gasteiger partial charge in [-0.05, 0) is 51.4 Å². The van der Waals surface area contributed by atoms with Crippen LogP contribution in [0.4, 0.5) is 0 Å². The Balaban J connectivity index is 2.41. The molecule has 1 saturated heterocycles. The summed E-state index contributed by atoms with van der Waals surface area (Å²) in [6.45, 7) is 7.58. The summed E-state index contributed by atoms with van der Waals surface area (Å²) in [4.78, 5) is 13.6. The van der Waals surface area contributed by atoms with Gasteiger partial charge in [-0.15, -0.1) is 0 Å². The van der Waals surface area contributed by atoms with Gasteiger partial charge in [0.15, 0.2) is 6.29 Å². The Bertz CT molecular complexity index is 1080. The summed E-state index contributed by atoms with van der Waals surface area (Å²) < 4.78 is 11.3. The number of carbonyl (C=O) groups is 1. The summed E-state index contributed by atoms with van der Waals surface area (Å²) in [6, 6.07) is -0.841. The molecule has 1 amide bonds. The van der Waals surface area contributed by atoms with Gasteiger partial charge in [-0.1, -0.05) is 205 Å². The largest absolute Gasteiger partial charge is 0.394 e. The molecule has 60 heavy (non-hydrogen) atoms. The van der Waals surface area contributed by atoms with Gasteiger partial charge in [0.2, 0.25) is 5.91 Å². The number of carbonyl (C=O) groups excluding carboxylic acids is 1. The van der Waals surface area contributed by atoms with Crippen LogP contribution in [0.5, 0.6) is 0 Å². The molecule has 0 aromatic rings. The first kappa shape index (κ1) is 56.4. The lowest BCUT2D eigenvalue weighted by Crippen LogP contribution is -2.60. The van der Waals surface area contributed by atoms with Gasteiger partial charge in [-0.25, -0.2) is 0 Å². The lowest BCUT2D eigenvalue weighted by atomic mass is 9.85. The molecular formula is C51H95NO8. The van der Waals surface area contributed by atoms with Crippen LogP contribution in [0.25, 0.3) is 0 Å². The van der Waals surface area contributed by atoms with Gasteiger partial charge in [0.1, 0.15) is 24.4 Å². The number of unbranched alkanes of at least 4 members (excludes halogenated alkanes) is 25. The molecule has 1 heterocycles. The van der Waals surface area contributed by atoms with Gasteiger partial charge in [-0.2, -0.15) is 0 Å². The Labute approximate surface area is 368 Å². The number of aliphatic hydroxyl groups excluding tert-OH is 5. The Morgan fingerprint density at radius 3 is 1.55 bits per heavy atom. The standard InChI is InChI=1S/C51H95NO8/c1-5-7-9-11-13-15-17-19-20-21-22-23-24-25-26-28-30-32-34-36-38-40-51(3,4)50(58)52-43(42-59-49-48(57)47(56)46(55)45(41-53)60-49)44(54)39-37-35-33-31-29-27-18-16-14-12-10-8-6-2/h13,15,19-20,37,39,43-49,53-57H,5-12,14,16-18,21-36,38,40-42H2,1-4H3,(H,52,58)/b15-13-,20-19-,39-37+/t43-,44+,45?,46?,47?,48?,49?/m0/s1. The smallest absolute Gasteiger partial charge is 0.226 e. The fourth-order valence-electron chi connectivity index (χ4n) is 7.84. The molecule has 9 heteroatoms. The molecule has 1 aliphatic heterocycles. The second-order valence-electron chi connectivity index (χ2n) is 18.3. The highest BCUT2D eigenvalue weighted by Gasteiger charge is 2.44. The predicted molar refractivity (Wildman–Crippen MR) is 249 cm³/mol. The molecule has 0 aromatic heterocycles. The zero-order valence-electron chi connectivity index (χ0n) is 39.1. The van der Waals surface area contributed by atoms with Gasteiger partial charge in [0, 0.05) is 5.41 Å². The van der Waals surface area contributed by atoms with Crippen molar-refractivity contribution in [2.75, 3.05) is 13.2 Å². The third-order valence-corrected chi connectivity index (χ3v) is 12.2. The van der Waals surface area contributed by atoms with Crippen LogP contribution in [0.1, 0.15) is 220 Å². The van der Waals surface area contributed by atoms with Crippen molar-refractivity contribution in [1.29, 1.82) is 0 Å². The molecular weight excluding hydrogens is 755 g/mol. The molecule has 6 N–H and O–H groups in total. The highest BCUT2D eigenvalue weighted by atomic mass is 16.7. The molecule has 0 saturated carbocycles. The van der Waals surface area contributed by atoms with E-state index in [0.717, 1.165) is 51.4 Å². The maximum atomic E-state index is 13.6. The van der Waals surface area contributed by atoms with Crippen LogP contribution in [-0.2, 0) is 14.3 Å². The summed E-state index contributed by atoms with van der Waals surface area (Å²) >= 11 is 0. The summed E-state index contributed by atoms with van der Waals surface area (Å²) in [6.07, 6.45) is 41.2. The molecule has 0 spiro atoms. The first-order chi connectivity index (χ1) is 29.1. The topological polar surface area (TPSA) is 149 Å². The Morgan fingerprint density at radius 2 is 1.05 bits per heavy atom. The van der Waals surface area contributed by atoms with Crippen LogP contribution in [0, 0.1) is 5.41 Å². The van der Waals surface area contributed by atoms with Gasteiger partial charge in [-0.3, -0.25) is 4.79 Å². The number of hydrogen-bond donors (Lipinski definition) is 6. The van der Waals surface area contributed by atoms with E-state index in [4.69, 9.17) is 9.47 Å². The summed E-state index contributed by atoms with van der Waals surface area (Å²) in [5, 5.41) is 54.7. The average Bonchev–Trinajstić information content (AvgIpc) is 3.24. The minimum atomic E-state index is -1.58. The number of allylic oxidation sites excluding steroid dienone is 5. The maximum Gasteiger partial charge on any atom is 0.226 e. The van der Waals surface area contributed by atoms with E-state index >= 15 is 0 Å². The van der Waals surface area contributed by atoms with E-state index in [2.05, 4.69) is 43.5 Å². The zero-order valence-corrected chi connectivity index (χ0v) is 39.1. The highest BCUT2D eigenvalue weighted by Crippen LogP contribution is 2.26. The number of hydrogen-bond acceptors (Lipinski definition) is 8. The van der Waals surface area contributed by atoms with Crippen LogP contribution < -0.4 is 5.32 Å². The normalized spacial score (nSPS) is 21.1. The Morgan fingerprint density at radius 1 is 0.617 bits per heavy atom. The number of nitrogens with one attached hydrogen (secondary N) is 1. The Hall–Kier alpha value is -1.59. The monoisotopic (exact) mass is 850 g/mol. The van der Waals surface area contributed by atoms with Crippen LogP contribution in [0.2, 0.25) is 0 Å². The summed E-state index contributed by atoms with van der Waals surface area (Å²) in [5.41, 5.74) is -0.666. The second-order valence-corrected chi connectivity index (χ2v) is 18.3. The lowest BCUT2D eigenvalue weighted by Gasteiger charge is -2.40. The van der Waals surface area contributed by atoms with Gasteiger partial charge < -0.3 is 40.3 Å². The quantitative estimate of drug-likeness (QED) is 0.0264. The third-order valence-electron chi connectivity index (χ3n) is 12.2. The van der Waals surface area contributed by atoms with E-state index in [1.165, 1.54) is 141 Å². The van der Waals surface area contributed by atoms with E-state index in [9.17, 15) is 30.3 Å². The van der Waals surface area contributed by atoms with Crippen molar-refractivity contribution in [1.82, 2.24) is 5.32 Å². The van der Waals surface area contributed by atoms with E-state index in [1.54, 1.807) is 6.08 Å². The first-order valence-corrected chi connectivity index (χ1v) is 25.0. The van der Waals surface area contributed by atoms with Crippen molar-refractivity contribution in [3.63, 3.8) is 0 Å². The molecule has 352 valence electrons. The van der Waals surface area contributed by atoms with E-state index in [-0.39, 0.29) is 12.5 Å². The number of rotatable bonds is 40. The van der Waals surface area contributed by atoms with Crippen molar-refractivity contribution >= 4 is 5.91 Å². The summed E-state index contributed by atoms with van der Waals surface area (Å²) in [5.74, 6) is -0.191. The molecule has 1 rings (SSSR count). The zero-order chi connectivity index (χ0) is 44.1. The SMILES string of the molecule is CCCCC/C=C\C/C=C\CCCCCCCCCCCCCC(C)(C)C(=O)N[C@@H](COC1OC(CO)C(O)C(O)C1O)[C@H](O)/C=C/CCCCCCCCCCCCC. The van der Waals surface area contributed by atoms with Gasteiger partial charge in [0.25, 0.3) is 0 Å². The molecule has 9 nitrogen and oxygen atoms in total. The van der Waals surface area contributed by atoms with Crippen LogP contribution in [0.15, 0.2) is 36.5 Å². The third kappa shape index (κ3) is 28.2. The molecule has 0 bridgehead atoms. The van der Waals surface area contributed by atoms with Crippen molar-refractivity contribution in [3.8, 4) is 0 Å². The van der Waals surface area contributed by atoms with Gasteiger partial charge >= 0.3 is 0 Å². The van der Waals surface area contributed by atoms with E-state index in [1.807, 2.05) is 19.9 Å². The molecule has 0 aromatic carbocycles. The minimum absolute atomic E-state index is 0.191. The highest BCUT2D eigenvalue weighted by molar-refractivity contribution is 5.82. The minimum Gasteiger partial charge on any atom is -0.394 e. The van der Waals surface area contributed by atoms with Gasteiger partial charge in [0.05, 0.1) is 25.4 Å². The van der Waals surface area contributed by atoms with E-state index in [0.29, 0.717) is 0 Å².